The Morgan fingerprint density at radius 1 is 1.06 bits per heavy atom. The summed E-state index contributed by atoms with van der Waals surface area (Å²) in [4.78, 5) is 32.0. The van der Waals surface area contributed by atoms with Crippen LogP contribution in [0.5, 0.6) is 11.5 Å². The molecule has 1 aliphatic heterocycles. The minimum absolute atomic E-state index is 0.0344. The van der Waals surface area contributed by atoms with Crippen molar-refractivity contribution < 1.29 is 24.2 Å². The lowest BCUT2D eigenvalue weighted by Gasteiger charge is -2.26. The molecule has 1 N–H and O–H groups in total. The lowest BCUT2D eigenvalue weighted by atomic mass is 9.92. The molecule has 2 heterocycles. The summed E-state index contributed by atoms with van der Waals surface area (Å²) in [5, 5.41) is 11.6. The van der Waals surface area contributed by atoms with Gasteiger partial charge >= 0.3 is 0 Å². The maximum Gasteiger partial charge on any atom is 0.295 e. The number of nitrogens with zero attached hydrogens (tertiary/aromatic N) is 2. The summed E-state index contributed by atoms with van der Waals surface area (Å²) in [5.41, 5.74) is 2.57. The lowest BCUT2D eigenvalue weighted by Crippen LogP contribution is -2.29. The van der Waals surface area contributed by atoms with E-state index in [2.05, 4.69) is 4.98 Å². The van der Waals surface area contributed by atoms with E-state index in [-0.39, 0.29) is 34.2 Å². The number of hydrogen-bond donors (Lipinski definition) is 1. The Morgan fingerprint density at radius 3 is 2.38 bits per heavy atom. The molecule has 34 heavy (non-hydrogen) atoms. The Kier molecular flexibility index (Phi) is 6.56. The molecule has 0 aliphatic carbocycles. The van der Waals surface area contributed by atoms with E-state index < -0.39 is 17.7 Å². The van der Waals surface area contributed by atoms with Crippen LogP contribution in [0.2, 0.25) is 5.02 Å². The predicted molar refractivity (Wildman–Crippen MR) is 128 cm³/mol. The second-order valence-electron chi connectivity index (χ2n) is 7.83. The van der Waals surface area contributed by atoms with E-state index in [4.69, 9.17) is 21.1 Å². The Balaban J connectivity index is 1.94. The number of ketones is 1. The van der Waals surface area contributed by atoms with Gasteiger partial charge in [-0.15, -0.1) is 0 Å². The van der Waals surface area contributed by atoms with Crippen LogP contribution >= 0.6 is 11.6 Å². The maximum atomic E-state index is 13.3. The largest absolute Gasteiger partial charge is 0.507 e. The van der Waals surface area contributed by atoms with Crippen molar-refractivity contribution in [2.75, 3.05) is 14.2 Å². The molecule has 1 amide bonds. The highest BCUT2D eigenvalue weighted by atomic mass is 35.5. The highest BCUT2D eigenvalue weighted by Gasteiger charge is 2.46. The number of amides is 1. The lowest BCUT2D eigenvalue weighted by molar-refractivity contribution is -0.140. The zero-order valence-corrected chi connectivity index (χ0v) is 19.7. The quantitative estimate of drug-likeness (QED) is 0.314. The van der Waals surface area contributed by atoms with Crippen LogP contribution in [0.1, 0.15) is 28.3 Å². The number of likely N-dealkylation sites (tertiary alicyclic amines) is 1. The third-order valence-electron chi connectivity index (χ3n) is 5.85. The van der Waals surface area contributed by atoms with Gasteiger partial charge in [0.15, 0.2) is 0 Å². The summed E-state index contributed by atoms with van der Waals surface area (Å²) >= 11 is 6.31. The predicted octanol–water partition coefficient (Wildman–Crippen LogP) is 4.68. The van der Waals surface area contributed by atoms with Crippen LogP contribution in [0, 0.1) is 6.92 Å². The van der Waals surface area contributed by atoms with Gasteiger partial charge in [0.1, 0.15) is 17.3 Å². The van der Waals surface area contributed by atoms with Crippen molar-refractivity contribution in [3.05, 3.63) is 93.8 Å². The third-order valence-corrected chi connectivity index (χ3v) is 6.15. The molecule has 174 valence electrons. The molecule has 0 saturated carbocycles. The van der Waals surface area contributed by atoms with E-state index in [9.17, 15) is 14.7 Å². The van der Waals surface area contributed by atoms with Gasteiger partial charge in [-0.2, -0.15) is 0 Å². The average Bonchev–Trinajstić information content (AvgIpc) is 3.09. The fourth-order valence-corrected chi connectivity index (χ4v) is 4.38. The third kappa shape index (κ3) is 4.10. The minimum atomic E-state index is -0.806. The first-order valence-electron chi connectivity index (χ1n) is 10.5. The number of aliphatic hydroxyl groups excluding tert-OH is 1. The molecule has 4 rings (SSSR count). The zero-order chi connectivity index (χ0) is 24.4. The second kappa shape index (κ2) is 9.57. The molecule has 1 aliphatic rings. The molecule has 1 saturated heterocycles. The summed E-state index contributed by atoms with van der Waals surface area (Å²) in [5.74, 6) is -1.25. The SMILES string of the molecule is COc1cc(OC)c(/C(O)=C2\C(=O)C(=O)N(Cc3ccncc3)C2c2ccccc2C)cc1Cl. The van der Waals surface area contributed by atoms with Crippen molar-refractivity contribution in [2.45, 2.75) is 19.5 Å². The van der Waals surface area contributed by atoms with Crippen LogP contribution in [0.3, 0.4) is 0 Å². The molecule has 1 fully saturated rings. The molecular weight excluding hydrogens is 456 g/mol. The minimum Gasteiger partial charge on any atom is -0.507 e. The number of halogens is 1. The van der Waals surface area contributed by atoms with Crippen molar-refractivity contribution in [3.8, 4) is 11.5 Å². The molecule has 3 aromatic rings. The Morgan fingerprint density at radius 2 is 1.74 bits per heavy atom. The van der Waals surface area contributed by atoms with Gasteiger partial charge in [-0.05, 0) is 41.8 Å². The topological polar surface area (TPSA) is 89.0 Å². The highest BCUT2D eigenvalue weighted by Crippen LogP contribution is 2.44. The van der Waals surface area contributed by atoms with Crippen LogP contribution in [0.4, 0.5) is 0 Å². The zero-order valence-electron chi connectivity index (χ0n) is 18.9. The molecule has 0 radical (unpaired) electrons. The van der Waals surface area contributed by atoms with Crippen LogP contribution in [-0.2, 0) is 16.1 Å². The summed E-state index contributed by atoms with van der Waals surface area (Å²) in [7, 11) is 2.89. The second-order valence-corrected chi connectivity index (χ2v) is 8.23. The van der Waals surface area contributed by atoms with Gasteiger partial charge in [0.2, 0.25) is 0 Å². The van der Waals surface area contributed by atoms with Gasteiger partial charge in [-0.25, -0.2) is 0 Å². The van der Waals surface area contributed by atoms with Crippen molar-refractivity contribution in [3.63, 3.8) is 0 Å². The highest BCUT2D eigenvalue weighted by molar-refractivity contribution is 6.46. The molecule has 0 bridgehead atoms. The van der Waals surface area contributed by atoms with Crippen molar-refractivity contribution in [1.82, 2.24) is 9.88 Å². The summed E-state index contributed by atoms with van der Waals surface area (Å²) < 4.78 is 10.7. The van der Waals surface area contributed by atoms with E-state index in [0.717, 1.165) is 16.7 Å². The summed E-state index contributed by atoms with van der Waals surface area (Å²) in [6.45, 7) is 2.07. The fraction of sp³-hybridized carbons (Fsp3) is 0.192. The van der Waals surface area contributed by atoms with E-state index in [0.29, 0.717) is 5.75 Å². The number of methoxy groups -OCH3 is 2. The molecule has 7 nitrogen and oxygen atoms in total. The van der Waals surface area contributed by atoms with E-state index in [1.807, 2.05) is 31.2 Å². The van der Waals surface area contributed by atoms with Gasteiger partial charge in [0.25, 0.3) is 11.7 Å². The molecule has 1 unspecified atom stereocenters. The number of carbonyl (C=O) groups is 2. The normalized spacial score (nSPS) is 17.2. The number of hydrogen-bond acceptors (Lipinski definition) is 6. The molecular formula is C26H23ClN2O5. The Hall–Kier alpha value is -3.84. The van der Waals surface area contributed by atoms with Crippen molar-refractivity contribution in [1.29, 1.82) is 0 Å². The number of pyridine rings is 1. The maximum absolute atomic E-state index is 13.3. The van der Waals surface area contributed by atoms with Gasteiger partial charge in [-0.1, -0.05) is 35.9 Å². The van der Waals surface area contributed by atoms with Crippen molar-refractivity contribution >= 4 is 29.1 Å². The molecule has 1 atom stereocenters. The van der Waals surface area contributed by atoms with Gasteiger partial charge in [-0.3, -0.25) is 14.6 Å². The van der Waals surface area contributed by atoms with Crippen LogP contribution in [0.15, 0.2) is 66.5 Å². The number of Topliss-reactive ketones (excluding diaryl/α,β-unsaturated/α-hetero) is 1. The van der Waals surface area contributed by atoms with E-state index >= 15 is 0 Å². The number of aliphatic hydroxyl groups is 1. The van der Waals surface area contributed by atoms with Gasteiger partial charge in [0, 0.05) is 25.0 Å². The Bertz CT molecular complexity index is 1290. The molecule has 8 heteroatoms. The summed E-state index contributed by atoms with van der Waals surface area (Å²) in [6.07, 6.45) is 3.25. The number of aromatic nitrogens is 1. The van der Waals surface area contributed by atoms with Gasteiger partial charge < -0.3 is 19.5 Å². The van der Waals surface area contributed by atoms with E-state index in [1.54, 1.807) is 24.5 Å². The van der Waals surface area contributed by atoms with Gasteiger partial charge in [0.05, 0.1) is 36.4 Å². The van der Waals surface area contributed by atoms with Crippen LogP contribution in [0.25, 0.3) is 5.76 Å². The van der Waals surface area contributed by atoms with E-state index in [1.165, 1.54) is 31.3 Å². The first kappa shape index (κ1) is 23.3. The monoisotopic (exact) mass is 478 g/mol. The number of rotatable bonds is 6. The average molecular weight is 479 g/mol. The molecule has 1 aromatic heterocycles. The smallest absolute Gasteiger partial charge is 0.295 e. The number of benzene rings is 2. The fourth-order valence-electron chi connectivity index (χ4n) is 4.14. The first-order chi connectivity index (χ1) is 16.4. The Labute approximate surface area is 202 Å². The number of carbonyl (C=O) groups excluding carboxylic acids is 2. The van der Waals surface area contributed by atoms with Crippen LogP contribution in [-0.4, -0.2) is 40.9 Å². The molecule has 0 spiro atoms. The number of aryl methyl sites for hydroxylation is 1. The molecule has 2 aromatic carbocycles. The number of ether oxygens (including phenoxy) is 2. The van der Waals surface area contributed by atoms with Crippen LogP contribution < -0.4 is 9.47 Å². The van der Waals surface area contributed by atoms with Crippen molar-refractivity contribution in [2.24, 2.45) is 0 Å². The first-order valence-corrected chi connectivity index (χ1v) is 10.9. The standard InChI is InChI=1S/C26H23ClN2O5/c1-15-6-4-5-7-17(15)23-22(24(30)18-12-19(27)21(34-3)13-20(18)33-2)25(31)26(32)29(23)14-16-8-10-28-11-9-16/h4-13,23,30H,14H2,1-3H3/b24-22+. The summed E-state index contributed by atoms with van der Waals surface area (Å²) in [6, 6.07) is 13.2.